The van der Waals surface area contributed by atoms with Crippen LogP contribution in [0.3, 0.4) is 0 Å². The van der Waals surface area contributed by atoms with Crippen molar-refractivity contribution >= 4 is 5.84 Å². The van der Waals surface area contributed by atoms with E-state index in [0.29, 0.717) is 17.0 Å². The Morgan fingerprint density at radius 1 is 1.38 bits per heavy atom. The van der Waals surface area contributed by atoms with Crippen LogP contribution in [0.5, 0.6) is 0 Å². The number of aliphatic imine (C=N–C) groups is 1. The first-order chi connectivity index (χ1) is 7.35. The second-order valence-corrected chi connectivity index (χ2v) is 4.71. The zero-order valence-electron chi connectivity index (χ0n) is 10.1. The van der Waals surface area contributed by atoms with Crippen molar-refractivity contribution in [2.45, 2.75) is 33.2 Å². The first kappa shape index (κ1) is 12.6. The topological polar surface area (TPSA) is 50.4 Å². The molecule has 1 aromatic carbocycles. The summed E-state index contributed by atoms with van der Waals surface area (Å²) in [6.45, 7) is 7.50. The van der Waals surface area contributed by atoms with Gasteiger partial charge in [-0.2, -0.15) is 0 Å². The fourth-order valence-electron chi connectivity index (χ4n) is 1.34. The number of halogens is 1. The molecule has 4 heteroatoms. The van der Waals surface area contributed by atoms with Crippen molar-refractivity contribution in [2.24, 2.45) is 10.8 Å². The molecule has 0 radical (unpaired) electrons. The van der Waals surface area contributed by atoms with Gasteiger partial charge < -0.3 is 5.43 Å². The van der Waals surface area contributed by atoms with Gasteiger partial charge in [0, 0.05) is 0 Å². The minimum atomic E-state index is -0.308. The molecule has 0 fully saturated rings. The van der Waals surface area contributed by atoms with Gasteiger partial charge in [-0.05, 0) is 39.3 Å². The first-order valence-corrected chi connectivity index (χ1v) is 5.17. The van der Waals surface area contributed by atoms with Crippen molar-refractivity contribution in [3.05, 3.63) is 35.1 Å². The summed E-state index contributed by atoms with van der Waals surface area (Å²) in [7, 11) is 0. The quantitative estimate of drug-likeness (QED) is 0.332. The maximum atomic E-state index is 13.8. The Labute approximate surface area is 95.5 Å². The molecule has 16 heavy (non-hydrogen) atoms. The molecule has 0 heterocycles. The number of hydrazine groups is 1. The molecule has 3 nitrogen and oxygen atoms in total. The highest BCUT2D eigenvalue weighted by molar-refractivity contribution is 5.99. The molecule has 0 amide bonds. The van der Waals surface area contributed by atoms with Crippen molar-refractivity contribution in [2.75, 3.05) is 0 Å². The summed E-state index contributed by atoms with van der Waals surface area (Å²) < 4.78 is 13.8. The van der Waals surface area contributed by atoms with Gasteiger partial charge in [0.15, 0.2) is 0 Å². The maximum Gasteiger partial charge on any atom is 0.146 e. The summed E-state index contributed by atoms with van der Waals surface area (Å²) in [5.41, 5.74) is 3.12. The van der Waals surface area contributed by atoms with Crippen LogP contribution in [0, 0.1) is 12.7 Å². The molecule has 0 saturated heterocycles. The highest BCUT2D eigenvalue weighted by Gasteiger charge is 2.14. The zero-order chi connectivity index (χ0) is 12.3. The SMILES string of the molecule is Cc1cccc(C(=NC(C)(C)C)NN)c1F. The number of hydrogen-bond acceptors (Lipinski definition) is 2. The van der Waals surface area contributed by atoms with Gasteiger partial charge in [-0.15, -0.1) is 0 Å². The lowest BCUT2D eigenvalue weighted by Gasteiger charge is -2.16. The van der Waals surface area contributed by atoms with Gasteiger partial charge in [0.1, 0.15) is 11.7 Å². The largest absolute Gasteiger partial charge is 0.308 e. The van der Waals surface area contributed by atoms with Crippen molar-refractivity contribution in [1.29, 1.82) is 0 Å². The van der Waals surface area contributed by atoms with E-state index in [1.807, 2.05) is 20.8 Å². The van der Waals surface area contributed by atoms with Gasteiger partial charge in [-0.3, -0.25) is 4.99 Å². The maximum absolute atomic E-state index is 13.8. The number of nitrogens with one attached hydrogen (secondary N) is 1. The minimum Gasteiger partial charge on any atom is -0.308 e. The predicted octanol–water partition coefficient (Wildman–Crippen LogP) is 2.14. The number of hydrogen-bond donors (Lipinski definition) is 2. The Morgan fingerprint density at radius 2 is 2.00 bits per heavy atom. The van der Waals surface area contributed by atoms with Crippen LogP contribution in [0.15, 0.2) is 23.2 Å². The van der Waals surface area contributed by atoms with Crippen LogP contribution in [0.1, 0.15) is 31.9 Å². The normalized spacial score (nSPS) is 12.8. The molecule has 0 atom stereocenters. The molecule has 0 aromatic heterocycles. The number of rotatable bonds is 1. The van der Waals surface area contributed by atoms with Crippen molar-refractivity contribution in [3.63, 3.8) is 0 Å². The van der Waals surface area contributed by atoms with E-state index in [-0.39, 0.29) is 11.4 Å². The lowest BCUT2D eigenvalue weighted by molar-refractivity contribution is 0.577. The highest BCUT2D eigenvalue weighted by atomic mass is 19.1. The van der Waals surface area contributed by atoms with Crippen LogP contribution in [0.4, 0.5) is 4.39 Å². The number of nitrogens with zero attached hydrogens (tertiary/aromatic N) is 1. The summed E-state index contributed by atoms with van der Waals surface area (Å²) in [6, 6.07) is 5.15. The van der Waals surface area contributed by atoms with Gasteiger partial charge in [-0.1, -0.05) is 12.1 Å². The second-order valence-electron chi connectivity index (χ2n) is 4.71. The molecule has 1 aromatic rings. The van der Waals surface area contributed by atoms with E-state index in [1.54, 1.807) is 25.1 Å². The van der Waals surface area contributed by atoms with E-state index in [1.165, 1.54) is 0 Å². The Balaban J connectivity index is 3.25. The van der Waals surface area contributed by atoms with Crippen molar-refractivity contribution in [3.8, 4) is 0 Å². The average Bonchev–Trinajstić information content (AvgIpc) is 2.18. The van der Waals surface area contributed by atoms with E-state index in [9.17, 15) is 4.39 Å². The number of nitrogens with two attached hydrogens (primary N) is 1. The molecule has 3 N–H and O–H groups in total. The van der Waals surface area contributed by atoms with Gasteiger partial charge in [-0.25, -0.2) is 10.2 Å². The van der Waals surface area contributed by atoms with E-state index in [4.69, 9.17) is 5.84 Å². The third kappa shape index (κ3) is 3.03. The summed E-state index contributed by atoms with van der Waals surface area (Å²) in [4.78, 5) is 4.34. The summed E-state index contributed by atoms with van der Waals surface area (Å²) in [5.74, 6) is 5.46. The van der Waals surface area contributed by atoms with Crippen LogP contribution < -0.4 is 11.3 Å². The van der Waals surface area contributed by atoms with E-state index < -0.39 is 0 Å². The molecule has 0 aliphatic heterocycles. The first-order valence-electron chi connectivity index (χ1n) is 5.17. The molecule has 0 aliphatic rings. The lowest BCUT2D eigenvalue weighted by Crippen LogP contribution is -2.34. The molecule has 1 rings (SSSR count). The van der Waals surface area contributed by atoms with Crippen LogP contribution >= 0.6 is 0 Å². The Bertz CT molecular complexity index is 405. The van der Waals surface area contributed by atoms with Crippen LogP contribution in [0.25, 0.3) is 0 Å². The second kappa shape index (κ2) is 4.61. The van der Waals surface area contributed by atoms with E-state index in [0.717, 1.165) is 0 Å². The number of amidine groups is 1. The van der Waals surface area contributed by atoms with Crippen molar-refractivity contribution < 1.29 is 4.39 Å². The molecular weight excluding hydrogens is 205 g/mol. The average molecular weight is 223 g/mol. The molecule has 0 unspecified atom stereocenters. The third-order valence-electron chi connectivity index (χ3n) is 2.03. The smallest absolute Gasteiger partial charge is 0.146 e. The van der Waals surface area contributed by atoms with Crippen LogP contribution in [-0.2, 0) is 0 Å². The van der Waals surface area contributed by atoms with Crippen LogP contribution in [0.2, 0.25) is 0 Å². The number of benzene rings is 1. The molecule has 0 saturated carbocycles. The summed E-state index contributed by atoms with van der Waals surface area (Å²) in [6.07, 6.45) is 0. The van der Waals surface area contributed by atoms with Gasteiger partial charge >= 0.3 is 0 Å². The molecule has 0 spiro atoms. The summed E-state index contributed by atoms with van der Waals surface area (Å²) >= 11 is 0. The number of aryl methyl sites for hydroxylation is 1. The van der Waals surface area contributed by atoms with E-state index in [2.05, 4.69) is 10.4 Å². The minimum absolute atomic E-state index is 0.288. The molecule has 88 valence electrons. The molecular formula is C12H18FN3. The zero-order valence-corrected chi connectivity index (χ0v) is 10.1. The monoisotopic (exact) mass is 223 g/mol. The Hall–Kier alpha value is -1.42. The standard InChI is InChI=1S/C12H18FN3/c1-8-6-5-7-9(10(8)13)11(16-14)15-12(2,3)4/h5-7H,14H2,1-4H3,(H,15,16). The molecule has 0 bridgehead atoms. The van der Waals surface area contributed by atoms with E-state index >= 15 is 0 Å². The fraction of sp³-hybridized carbons (Fsp3) is 0.417. The van der Waals surface area contributed by atoms with Gasteiger partial charge in [0.05, 0.1) is 11.1 Å². The summed E-state index contributed by atoms with van der Waals surface area (Å²) in [5, 5.41) is 0. The Kier molecular flexibility index (Phi) is 3.65. The van der Waals surface area contributed by atoms with Gasteiger partial charge in [0.25, 0.3) is 0 Å². The lowest BCUT2D eigenvalue weighted by atomic mass is 10.1. The third-order valence-corrected chi connectivity index (χ3v) is 2.03. The highest BCUT2D eigenvalue weighted by Crippen LogP contribution is 2.15. The molecule has 0 aliphatic carbocycles. The van der Waals surface area contributed by atoms with Gasteiger partial charge in [0.2, 0.25) is 0 Å². The van der Waals surface area contributed by atoms with Crippen LogP contribution in [-0.4, -0.2) is 11.4 Å². The fourth-order valence-corrected chi connectivity index (χ4v) is 1.34. The predicted molar refractivity (Wildman–Crippen MR) is 64.8 cm³/mol. The Morgan fingerprint density at radius 3 is 2.50 bits per heavy atom. The van der Waals surface area contributed by atoms with Crippen molar-refractivity contribution in [1.82, 2.24) is 5.43 Å².